The smallest absolute Gasteiger partial charge is 0.163 e. The zero-order chi connectivity index (χ0) is 29.0. The van der Waals surface area contributed by atoms with Crippen molar-refractivity contribution in [1.82, 2.24) is 0 Å². The minimum absolute atomic E-state index is 0.338. The summed E-state index contributed by atoms with van der Waals surface area (Å²) < 4.78 is 32.8. The summed E-state index contributed by atoms with van der Waals surface area (Å²) in [7, 11) is 0. The van der Waals surface area contributed by atoms with Crippen LogP contribution in [0.1, 0.15) is 23.6 Å². The molecular weight excluding hydrogens is 544 g/mol. The summed E-state index contributed by atoms with van der Waals surface area (Å²) >= 11 is 1.61. The lowest BCUT2D eigenvalue weighted by molar-refractivity contribution is -0.246. The van der Waals surface area contributed by atoms with E-state index in [2.05, 4.69) is 55.1 Å². The maximum absolute atomic E-state index is 6.79. The molecule has 1 fully saturated rings. The van der Waals surface area contributed by atoms with Crippen LogP contribution in [-0.4, -0.2) is 36.5 Å². The molecule has 5 rings (SSSR count). The first-order chi connectivity index (χ1) is 20.7. The fourth-order valence-corrected chi connectivity index (χ4v) is 6.02. The summed E-state index contributed by atoms with van der Waals surface area (Å²) in [6.07, 6.45) is -1.78. The van der Waals surface area contributed by atoms with Gasteiger partial charge in [-0.05, 0) is 35.7 Å². The average molecular weight is 583 g/mol. The number of allylic oxidation sites excluding steroid dienone is 1. The fourth-order valence-electron chi connectivity index (χ4n) is 4.89. The quantitative estimate of drug-likeness (QED) is 0.141. The van der Waals surface area contributed by atoms with Crippen LogP contribution < -0.4 is 0 Å². The Morgan fingerprint density at radius 2 is 1.12 bits per heavy atom. The van der Waals surface area contributed by atoms with Gasteiger partial charge >= 0.3 is 0 Å². The van der Waals surface area contributed by atoms with E-state index < -0.39 is 24.4 Å². The molecule has 0 spiro atoms. The second-order valence-corrected chi connectivity index (χ2v) is 11.5. The van der Waals surface area contributed by atoms with Crippen LogP contribution in [0.5, 0.6) is 0 Å². The lowest BCUT2D eigenvalue weighted by Gasteiger charge is -2.46. The van der Waals surface area contributed by atoms with Crippen molar-refractivity contribution in [3.8, 4) is 0 Å². The highest BCUT2D eigenvalue weighted by Crippen LogP contribution is 2.38. The molecule has 5 unspecified atom stereocenters. The normalized spacial score (nSPS) is 22.0. The van der Waals surface area contributed by atoms with E-state index in [0.717, 1.165) is 21.6 Å². The number of hydrogen-bond acceptors (Lipinski definition) is 6. The molecule has 0 aromatic heterocycles. The molecule has 42 heavy (non-hydrogen) atoms. The standard InChI is InChI=1S/C36H38O5S/c1-27(2)40-35-34(39-25-30-19-11-5-12-20-30)33(38-24-29-17-9-4-10-18-29)32(26-37-23-28-15-7-3-8-16-28)41-36(35)42-31-21-13-6-14-22-31/h3-22,32-36H,1,23-26H2,2H3. The number of hydrogen-bond donors (Lipinski definition) is 0. The van der Waals surface area contributed by atoms with Crippen LogP contribution in [0.4, 0.5) is 0 Å². The number of thioether (sulfide) groups is 1. The van der Waals surface area contributed by atoms with Gasteiger partial charge in [-0.2, -0.15) is 0 Å². The molecule has 0 amide bonds. The highest BCUT2D eigenvalue weighted by Gasteiger charge is 2.49. The summed E-state index contributed by atoms with van der Waals surface area (Å²) in [5, 5.41) is 0. The third-order valence-corrected chi connectivity index (χ3v) is 8.04. The lowest BCUT2D eigenvalue weighted by Crippen LogP contribution is -2.60. The highest BCUT2D eigenvalue weighted by molar-refractivity contribution is 7.99. The van der Waals surface area contributed by atoms with Gasteiger partial charge in [0.2, 0.25) is 0 Å². The van der Waals surface area contributed by atoms with Crippen LogP contribution in [-0.2, 0) is 43.5 Å². The second kappa shape index (κ2) is 15.7. The van der Waals surface area contributed by atoms with Crippen molar-refractivity contribution in [2.24, 2.45) is 0 Å². The number of benzene rings is 4. The minimum Gasteiger partial charge on any atom is -0.489 e. The van der Waals surface area contributed by atoms with Crippen molar-refractivity contribution < 1.29 is 23.7 Å². The van der Waals surface area contributed by atoms with Gasteiger partial charge in [0.1, 0.15) is 23.7 Å². The van der Waals surface area contributed by atoms with Crippen molar-refractivity contribution in [3.05, 3.63) is 150 Å². The van der Waals surface area contributed by atoms with Gasteiger partial charge in [0.15, 0.2) is 6.10 Å². The van der Waals surface area contributed by atoms with E-state index >= 15 is 0 Å². The average Bonchev–Trinajstić information content (AvgIpc) is 3.02. The zero-order valence-corrected chi connectivity index (χ0v) is 24.7. The van der Waals surface area contributed by atoms with Crippen molar-refractivity contribution in [1.29, 1.82) is 0 Å². The molecule has 0 saturated carbocycles. The van der Waals surface area contributed by atoms with Gasteiger partial charge in [0.05, 0.1) is 32.2 Å². The summed E-state index contributed by atoms with van der Waals surface area (Å²) in [5.74, 6) is 0.594. The van der Waals surface area contributed by atoms with Gasteiger partial charge in [0.25, 0.3) is 0 Å². The Morgan fingerprint density at radius 1 is 0.643 bits per heavy atom. The van der Waals surface area contributed by atoms with Gasteiger partial charge in [-0.3, -0.25) is 0 Å². The van der Waals surface area contributed by atoms with Crippen molar-refractivity contribution >= 4 is 11.8 Å². The molecule has 1 heterocycles. The third kappa shape index (κ3) is 8.81. The van der Waals surface area contributed by atoms with Gasteiger partial charge < -0.3 is 23.7 Å². The predicted molar refractivity (Wildman–Crippen MR) is 167 cm³/mol. The molecule has 6 heteroatoms. The topological polar surface area (TPSA) is 46.2 Å². The Bertz CT molecular complexity index is 1340. The molecule has 0 N–H and O–H groups in total. The van der Waals surface area contributed by atoms with Gasteiger partial charge in [-0.15, -0.1) is 0 Å². The predicted octanol–water partition coefficient (Wildman–Crippen LogP) is 7.81. The maximum Gasteiger partial charge on any atom is 0.163 e. The molecule has 5 atom stereocenters. The minimum atomic E-state index is -0.470. The zero-order valence-electron chi connectivity index (χ0n) is 23.9. The molecule has 0 bridgehead atoms. The van der Waals surface area contributed by atoms with E-state index in [0.29, 0.717) is 32.2 Å². The molecular formula is C36H38O5S. The van der Waals surface area contributed by atoms with Crippen molar-refractivity contribution in [2.45, 2.75) is 61.5 Å². The monoisotopic (exact) mass is 582 g/mol. The Kier molecular flexibility index (Phi) is 11.3. The van der Waals surface area contributed by atoms with Crippen LogP contribution in [0.2, 0.25) is 0 Å². The fraction of sp³-hybridized carbons (Fsp3) is 0.278. The second-order valence-electron chi connectivity index (χ2n) is 10.3. The molecule has 1 aliphatic rings. The lowest BCUT2D eigenvalue weighted by atomic mass is 9.99. The van der Waals surface area contributed by atoms with Crippen LogP contribution in [0.3, 0.4) is 0 Å². The van der Waals surface area contributed by atoms with Crippen LogP contribution >= 0.6 is 11.8 Å². The van der Waals surface area contributed by atoms with Crippen LogP contribution in [0.25, 0.3) is 0 Å². The van der Waals surface area contributed by atoms with E-state index in [9.17, 15) is 0 Å². The first-order valence-corrected chi connectivity index (χ1v) is 15.2. The highest BCUT2D eigenvalue weighted by atomic mass is 32.2. The first-order valence-electron chi connectivity index (χ1n) is 14.3. The molecule has 0 radical (unpaired) electrons. The Morgan fingerprint density at radius 3 is 1.64 bits per heavy atom. The molecule has 5 nitrogen and oxygen atoms in total. The van der Waals surface area contributed by atoms with Crippen LogP contribution in [0.15, 0.2) is 139 Å². The molecule has 4 aromatic rings. The van der Waals surface area contributed by atoms with Gasteiger partial charge in [-0.1, -0.05) is 128 Å². The van der Waals surface area contributed by atoms with E-state index in [1.54, 1.807) is 11.8 Å². The number of ether oxygens (including phenoxy) is 5. The molecule has 0 aliphatic carbocycles. The van der Waals surface area contributed by atoms with E-state index in [1.165, 1.54) is 0 Å². The van der Waals surface area contributed by atoms with Crippen molar-refractivity contribution in [3.63, 3.8) is 0 Å². The van der Waals surface area contributed by atoms with Gasteiger partial charge in [-0.25, -0.2) is 0 Å². The van der Waals surface area contributed by atoms with E-state index in [4.69, 9.17) is 23.7 Å². The summed E-state index contributed by atoms with van der Waals surface area (Å²) in [4.78, 5) is 1.08. The number of rotatable bonds is 14. The maximum atomic E-state index is 6.79. The molecule has 4 aromatic carbocycles. The van der Waals surface area contributed by atoms with E-state index in [-0.39, 0.29) is 5.44 Å². The summed E-state index contributed by atoms with van der Waals surface area (Å²) in [6, 6.07) is 40.6. The SMILES string of the molecule is C=C(C)OC1C(Sc2ccccc2)OC(COCc2ccccc2)C(OCc2ccccc2)C1OCc1ccccc1. The molecule has 218 valence electrons. The Labute approximate surface area is 253 Å². The third-order valence-electron chi connectivity index (χ3n) is 6.89. The largest absolute Gasteiger partial charge is 0.489 e. The molecule has 1 saturated heterocycles. The van der Waals surface area contributed by atoms with Crippen LogP contribution in [0, 0.1) is 0 Å². The summed E-state index contributed by atoms with van der Waals surface area (Å²) in [5.41, 5.74) is 2.86. The van der Waals surface area contributed by atoms with E-state index in [1.807, 2.05) is 79.7 Å². The first kappa shape index (κ1) is 30.1. The van der Waals surface area contributed by atoms with Crippen molar-refractivity contribution in [2.75, 3.05) is 6.61 Å². The Balaban J connectivity index is 1.44. The Hall–Kier alpha value is -3.39. The summed E-state index contributed by atoms with van der Waals surface area (Å²) in [6.45, 7) is 7.54. The molecule has 1 aliphatic heterocycles. The van der Waals surface area contributed by atoms with Gasteiger partial charge in [0, 0.05) is 4.90 Å².